The van der Waals surface area contributed by atoms with Crippen molar-refractivity contribution < 1.29 is 9.53 Å². The summed E-state index contributed by atoms with van der Waals surface area (Å²) in [6.45, 7) is 2.63. The van der Waals surface area contributed by atoms with Crippen LogP contribution in [0.1, 0.15) is 16.4 Å². The average molecular weight is 283 g/mol. The fourth-order valence-electron chi connectivity index (χ4n) is 1.32. The second-order valence-corrected chi connectivity index (χ2v) is 5.43. The molecule has 2 aromatic rings. The fraction of sp³-hybridized carbons (Fsp3) is 0.364. The number of thiazole rings is 2. The van der Waals surface area contributed by atoms with Gasteiger partial charge in [-0.1, -0.05) is 0 Å². The SMILES string of the molecule is COC(=O)Cc1csc(NCc2nc(C)cs2)n1. The Balaban J connectivity index is 1.88. The minimum atomic E-state index is -0.276. The Hall–Kier alpha value is -1.47. The van der Waals surface area contributed by atoms with Gasteiger partial charge in [-0.15, -0.1) is 22.7 Å². The monoisotopic (exact) mass is 283 g/mol. The van der Waals surface area contributed by atoms with Crippen LogP contribution in [0.5, 0.6) is 0 Å². The number of carbonyl (C=O) groups excluding carboxylic acids is 1. The van der Waals surface area contributed by atoms with Crippen LogP contribution in [0, 0.1) is 6.92 Å². The maximum absolute atomic E-state index is 11.1. The first-order valence-electron chi connectivity index (χ1n) is 5.33. The molecule has 0 unspecified atom stereocenters. The van der Waals surface area contributed by atoms with Crippen LogP contribution in [-0.2, 0) is 22.5 Å². The second kappa shape index (κ2) is 5.92. The van der Waals surface area contributed by atoms with Crippen molar-refractivity contribution in [2.24, 2.45) is 0 Å². The van der Waals surface area contributed by atoms with Crippen molar-refractivity contribution in [3.63, 3.8) is 0 Å². The maximum atomic E-state index is 11.1. The number of carbonyl (C=O) groups is 1. The lowest BCUT2D eigenvalue weighted by atomic mass is 10.3. The molecule has 0 amide bonds. The molecule has 2 rings (SSSR count). The third-order valence-corrected chi connectivity index (χ3v) is 3.98. The van der Waals surface area contributed by atoms with Crippen LogP contribution >= 0.6 is 22.7 Å². The highest BCUT2D eigenvalue weighted by Crippen LogP contribution is 2.18. The molecule has 0 aliphatic heterocycles. The van der Waals surface area contributed by atoms with Gasteiger partial charge < -0.3 is 10.1 Å². The van der Waals surface area contributed by atoms with Crippen molar-refractivity contribution in [1.29, 1.82) is 0 Å². The fourth-order valence-corrected chi connectivity index (χ4v) is 2.75. The molecule has 0 saturated heterocycles. The highest BCUT2D eigenvalue weighted by molar-refractivity contribution is 7.13. The third-order valence-electron chi connectivity index (χ3n) is 2.16. The summed E-state index contributed by atoms with van der Waals surface area (Å²) in [4.78, 5) is 19.7. The Morgan fingerprint density at radius 1 is 1.39 bits per heavy atom. The molecule has 0 spiro atoms. The van der Waals surface area contributed by atoms with Gasteiger partial charge in [0, 0.05) is 16.5 Å². The van der Waals surface area contributed by atoms with Gasteiger partial charge in [-0.2, -0.15) is 0 Å². The summed E-state index contributed by atoms with van der Waals surface area (Å²) >= 11 is 3.09. The molecule has 0 aliphatic rings. The topological polar surface area (TPSA) is 64.1 Å². The van der Waals surface area contributed by atoms with Gasteiger partial charge in [-0.25, -0.2) is 9.97 Å². The molecular formula is C11H13N3O2S2. The number of methoxy groups -OCH3 is 1. The molecule has 0 atom stereocenters. The predicted octanol–water partition coefficient (Wildman–Crippen LogP) is 2.24. The van der Waals surface area contributed by atoms with Gasteiger partial charge >= 0.3 is 5.97 Å². The number of nitrogens with zero attached hydrogens (tertiary/aromatic N) is 2. The van der Waals surface area contributed by atoms with E-state index in [0.29, 0.717) is 6.54 Å². The number of anilines is 1. The van der Waals surface area contributed by atoms with E-state index < -0.39 is 0 Å². The molecule has 96 valence electrons. The van der Waals surface area contributed by atoms with Crippen LogP contribution in [0.25, 0.3) is 0 Å². The molecule has 0 aliphatic carbocycles. The Labute approximate surface area is 113 Å². The van der Waals surface area contributed by atoms with E-state index in [1.165, 1.54) is 18.4 Å². The van der Waals surface area contributed by atoms with Gasteiger partial charge in [-0.05, 0) is 6.92 Å². The first-order valence-corrected chi connectivity index (χ1v) is 7.09. The number of hydrogen-bond acceptors (Lipinski definition) is 7. The van der Waals surface area contributed by atoms with Crippen molar-refractivity contribution in [2.45, 2.75) is 19.9 Å². The summed E-state index contributed by atoms with van der Waals surface area (Å²) in [7, 11) is 1.37. The first kappa shape index (κ1) is 13.0. The summed E-state index contributed by atoms with van der Waals surface area (Å²) in [5.41, 5.74) is 1.76. The van der Waals surface area contributed by atoms with E-state index in [9.17, 15) is 4.79 Å². The third kappa shape index (κ3) is 3.51. The second-order valence-electron chi connectivity index (χ2n) is 3.63. The molecule has 2 heterocycles. The van der Waals surface area contributed by atoms with Crippen molar-refractivity contribution in [3.8, 4) is 0 Å². The number of rotatable bonds is 5. The zero-order valence-corrected chi connectivity index (χ0v) is 11.7. The lowest BCUT2D eigenvalue weighted by Crippen LogP contribution is -2.05. The van der Waals surface area contributed by atoms with E-state index in [1.807, 2.05) is 17.7 Å². The summed E-state index contributed by atoms with van der Waals surface area (Å²) < 4.78 is 4.59. The summed E-state index contributed by atoms with van der Waals surface area (Å²) in [6.07, 6.45) is 0.213. The van der Waals surface area contributed by atoms with E-state index in [4.69, 9.17) is 0 Å². The highest BCUT2D eigenvalue weighted by atomic mass is 32.1. The van der Waals surface area contributed by atoms with Crippen LogP contribution in [0.4, 0.5) is 5.13 Å². The molecule has 0 fully saturated rings. The van der Waals surface area contributed by atoms with E-state index >= 15 is 0 Å². The van der Waals surface area contributed by atoms with Gasteiger partial charge in [0.15, 0.2) is 5.13 Å². The van der Waals surface area contributed by atoms with Crippen LogP contribution in [0.3, 0.4) is 0 Å². The van der Waals surface area contributed by atoms with E-state index in [1.54, 1.807) is 11.3 Å². The standard InChI is InChI=1S/C11H13N3O2S2/c1-7-5-17-9(13-7)4-12-11-14-8(6-18-11)3-10(15)16-2/h5-6H,3-4H2,1-2H3,(H,12,14). The molecule has 18 heavy (non-hydrogen) atoms. The van der Waals surface area contributed by atoms with Gasteiger partial charge in [-0.3, -0.25) is 4.79 Å². The number of aromatic nitrogens is 2. The first-order chi connectivity index (χ1) is 8.67. The molecule has 0 aromatic carbocycles. The normalized spacial score (nSPS) is 10.3. The van der Waals surface area contributed by atoms with Crippen molar-refractivity contribution in [1.82, 2.24) is 9.97 Å². The van der Waals surface area contributed by atoms with Gasteiger partial charge in [0.25, 0.3) is 0 Å². The Morgan fingerprint density at radius 2 is 2.22 bits per heavy atom. The van der Waals surface area contributed by atoms with Crippen molar-refractivity contribution >= 4 is 33.8 Å². The molecule has 2 aromatic heterocycles. The van der Waals surface area contributed by atoms with Crippen molar-refractivity contribution in [2.75, 3.05) is 12.4 Å². The van der Waals surface area contributed by atoms with Crippen LogP contribution in [0.15, 0.2) is 10.8 Å². The van der Waals surface area contributed by atoms with Gasteiger partial charge in [0.2, 0.25) is 0 Å². The molecule has 5 nitrogen and oxygen atoms in total. The predicted molar refractivity (Wildman–Crippen MR) is 72.0 cm³/mol. The lowest BCUT2D eigenvalue weighted by molar-refractivity contribution is -0.139. The van der Waals surface area contributed by atoms with Gasteiger partial charge in [0.1, 0.15) is 5.01 Å². The summed E-state index contributed by atoms with van der Waals surface area (Å²) in [5.74, 6) is -0.276. The maximum Gasteiger partial charge on any atom is 0.311 e. The summed E-state index contributed by atoms with van der Waals surface area (Å²) in [5, 5.41) is 8.88. The average Bonchev–Trinajstić information content (AvgIpc) is 2.96. The zero-order chi connectivity index (χ0) is 13.0. The van der Waals surface area contributed by atoms with Crippen LogP contribution < -0.4 is 5.32 Å². The zero-order valence-electron chi connectivity index (χ0n) is 10.1. The Kier molecular flexibility index (Phi) is 4.27. The van der Waals surface area contributed by atoms with E-state index in [-0.39, 0.29) is 12.4 Å². The Bertz CT molecular complexity index is 536. The molecule has 0 radical (unpaired) electrons. The smallest absolute Gasteiger partial charge is 0.311 e. The van der Waals surface area contributed by atoms with Crippen molar-refractivity contribution in [3.05, 3.63) is 27.2 Å². The number of esters is 1. The number of hydrogen-bond donors (Lipinski definition) is 1. The van der Waals surface area contributed by atoms with Crippen LogP contribution in [0.2, 0.25) is 0 Å². The number of ether oxygens (including phenoxy) is 1. The quantitative estimate of drug-likeness (QED) is 0.853. The highest BCUT2D eigenvalue weighted by Gasteiger charge is 2.07. The van der Waals surface area contributed by atoms with E-state index in [2.05, 4.69) is 20.0 Å². The summed E-state index contributed by atoms with van der Waals surface area (Å²) in [6, 6.07) is 0. The molecule has 0 saturated carbocycles. The molecule has 7 heteroatoms. The minimum absolute atomic E-state index is 0.213. The molecule has 1 N–H and O–H groups in total. The minimum Gasteiger partial charge on any atom is -0.469 e. The number of aryl methyl sites for hydroxylation is 1. The molecular weight excluding hydrogens is 270 g/mol. The van der Waals surface area contributed by atoms with E-state index in [0.717, 1.165) is 21.5 Å². The number of nitrogens with one attached hydrogen (secondary N) is 1. The molecule has 0 bridgehead atoms. The lowest BCUT2D eigenvalue weighted by Gasteiger charge is -1.98. The van der Waals surface area contributed by atoms with Gasteiger partial charge in [0.05, 0.1) is 25.8 Å². The Morgan fingerprint density at radius 3 is 2.89 bits per heavy atom. The van der Waals surface area contributed by atoms with Crippen LogP contribution in [-0.4, -0.2) is 23.0 Å². The largest absolute Gasteiger partial charge is 0.469 e.